The van der Waals surface area contributed by atoms with Gasteiger partial charge in [0.2, 0.25) is 11.8 Å². The zero-order valence-electron chi connectivity index (χ0n) is 10.2. The molecule has 0 aliphatic heterocycles. The second-order valence-corrected chi connectivity index (χ2v) is 4.07. The maximum Gasteiger partial charge on any atom is 0.329 e. The van der Waals surface area contributed by atoms with Crippen LogP contribution in [0.4, 0.5) is 27.5 Å². The SMILES string of the molecule is CNc1ncc([N+](=O)[O-])c(Nc2cccc(Cl)c2F)n1. The Kier molecular flexibility index (Phi) is 3.94. The second-order valence-electron chi connectivity index (χ2n) is 3.66. The molecule has 0 saturated carbocycles. The summed E-state index contributed by atoms with van der Waals surface area (Å²) in [6, 6.07) is 4.28. The lowest BCUT2D eigenvalue weighted by atomic mass is 10.3. The molecule has 1 aromatic heterocycles. The summed E-state index contributed by atoms with van der Waals surface area (Å²) < 4.78 is 13.8. The fourth-order valence-electron chi connectivity index (χ4n) is 1.45. The van der Waals surface area contributed by atoms with Gasteiger partial charge in [-0.25, -0.2) is 9.37 Å². The van der Waals surface area contributed by atoms with Crippen LogP contribution in [0.2, 0.25) is 5.02 Å². The Morgan fingerprint density at radius 3 is 2.85 bits per heavy atom. The molecule has 2 N–H and O–H groups in total. The molecule has 0 radical (unpaired) electrons. The predicted molar refractivity (Wildman–Crippen MR) is 72.9 cm³/mol. The molecule has 9 heteroatoms. The van der Waals surface area contributed by atoms with Crippen molar-refractivity contribution < 1.29 is 9.31 Å². The molecule has 7 nitrogen and oxygen atoms in total. The molecule has 0 amide bonds. The van der Waals surface area contributed by atoms with Crippen molar-refractivity contribution in [3.63, 3.8) is 0 Å². The van der Waals surface area contributed by atoms with Crippen molar-refractivity contribution in [3.05, 3.63) is 45.4 Å². The van der Waals surface area contributed by atoms with Crippen molar-refractivity contribution in [3.8, 4) is 0 Å². The molecule has 0 saturated heterocycles. The number of nitrogens with zero attached hydrogens (tertiary/aromatic N) is 3. The number of rotatable bonds is 4. The van der Waals surface area contributed by atoms with Crippen molar-refractivity contribution in [2.45, 2.75) is 0 Å². The summed E-state index contributed by atoms with van der Waals surface area (Å²) in [5.41, 5.74) is -0.385. The van der Waals surface area contributed by atoms with E-state index >= 15 is 0 Å². The van der Waals surface area contributed by atoms with Crippen LogP contribution in [0.25, 0.3) is 0 Å². The van der Waals surface area contributed by atoms with Crippen LogP contribution in [0.1, 0.15) is 0 Å². The Balaban J connectivity index is 2.46. The topological polar surface area (TPSA) is 93.0 Å². The van der Waals surface area contributed by atoms with Gasteiger partial charge < -0.3 is 10.6 Å². The van der Waals surface area contributed by atoms with Crippen LogP contribution in [-0.4, -0.2) is 21.9 Å². The highest BCUT2D eigenvalue weighted by atomic mass is 35.5. The standard InChI is InChI=1S/C11H9ClFN5O2/c1-14-11-15-5-8(18(19)20)10(17-11)16-7-4-2-3-6(12)9(7)13/h2-5H,1H3,(H2,14,15,16,17). The Labute approximate surface area is 118 Å². The number of hydrogen-bond acceptors (Lipinski definition) is 6. The molecule has 104 valence electrons. The third kappa shape index (κ3) is 2.75. The molecule has 0 aliphatic rings. The highest BCUT2D eigenvalue weighted by Gasteiger charge is 2.19. The minimum absolute atomic E-state index is 0.0126. The van der Waals surface area contributed by atoms with Crippen molar-refractivity contribution in [1.82, 2.24) is 9.97 Å². The summed E-state index contributed by atoms with van der Waals surface area (Å²) in [5, 5.41) is 16.0. The Morgan fingerprint density at radius 1 is 1.45 bits per heavy atom. The van der Waals surface area contributed by atoms with Crippen LogP contribution in [0, 0.1) is 15.9 Å². The number of anilines is 3. The highest BCUT2D eigenvalue weighted by Crippen LogP contribution is 2.29. The van der Waals surface area contributed by atoms with Crippen LogP contribution in [0.3, 0.4) is 0 Å². The van der Waals surface area contributed by atoms with Gasteiger partial charge in [0.05, 0.1) is 15.6 Å². The smallest absolute Gasteiger partial charge is 0.329 e. The van der Waals surface area contributed by atoms with E-state index in [2.05, 4.69) is 20.6 Å². The first-order valence-electron chi connectivity index (χ1n) is 5.43. The molecular weight excluding hydrogens is 289 g/mol. The van der Waals surface area contributed by atoms with E-state index in [9.17, 15) is 14.5 Å². The lowest BCUT2D eigenvalue weighted by Gasteiger charge is -2.08. The van der Waals surface area contributed by atoms with Gasteiger partial charge in [-0.1, -0.05) is 17.7 Å². The predicted octanol–water partition coefficient (Wildman–Crippen LogP) is 2.96. The van der Waals surface area contributed by atoms with Crippen LogP contribution < -0.4 is 10.6 Å². The first-order chi connectivity index (χ1) is 9.52. The lowest BCUT2D eigenvalue weighted by molar-refractivity contribution is -0.384. The lowest BCUT2D eigenvalue weighted by Crippen LogP contribution is -2.05. The van der Waals surface area contributed by atoms with Gasteiger partial charge >= 0.3 is 5.69 Å². The Bertz CT molecular complexity index is 667. The largest absolute Gasteiger partial charge is 0.357 e. The van der Waals surface area contributed by atoms with E-state index in [4.69, 9.17) is 11.6 Å². The number of hydrogen-bond donors (Lipinski definition) is 2. The minimum Gasteiger partial charge on any atom is -0.357 e. The molecule has 0 aliphatic carbocycles. The summed E-state index contributed by atoms with van der Waals surface area (Å²) in [7, 11) is 1.56. The molecule has 0 spiro atoms. The number of nitrogens with one attached hydrogen (secondary N) is 2. The third-order valence-electron chi connectivity index (χ3n) is 2.39. The van der Waals surface area contributed by atoms with Crippen molar-refractivity contribution in [2.24, 2.45) is 0 Å². The van der Waals surface area contributed by atoms with E-state index in [0.717, 1.165) is 6.20 Å². The van der Waals surface area contributed by atoms with Gasteiger partial charge in [0.1, 0.15) is 6.20 Å². The van der Waals surface area contributed by atoms with Gasteiger partial charge in [-0.3, -0.25) is 10.1 Å². The zero-order chi connectivity index (χ0) is 14.7. The van der Waals surface area contributed by atoms with Gasteiger partial charge in [-0.05, 0) is 12.1 Å². The molecule has 1 heterocycles. The van der Waals surface area contributed by atoms with Crippen LogP contribution in [-0.2, 0) is 0 Å². The normalized spacial score (nSPS) is 10.2. The van der Waals surface area contributed by atoms with Crippen molar-refractivity contribution in [1.29, 1.82) is 0 Å². The monoisotopic (exact) mass is 297 g/mol. The van der Waals surface area contributed by atoms with E-state index < -0.39 is 10.7 Å². The van der Waals surface area contributed by atoms with Gasteiger partial charge in [0.15, 0.2) is 5.82 Å². The Morgan fingerprint density at radius 2 is 2.20 bits per heavy atom. The molecule has 0 unspecified atom stereocenters. The summed E-state index contributed by atoms with van der Waals surface area (Å²) in [6.45, 7) is 0. The molecule has 2 rings (SSSR count). The number of aromatic nitrogens is 2. The summed E-state index contributed by atoms with van der Waals surface area (Å²) in [5.74, 6) is -0.677. The van der Waals surface area contributed by atoms with E-state index in [0.29, 0.717) is 0 Å². The van der Waals surface area contributed by atoms with E-state index in [1.54, 1.807) is 7.05 Å². The first-order valence-corrected chi connectivity index (χ1v) is 5.81. The van der Waals surface area contributed by atoms with E-state index in [1.807, 2.05) is 0 Å². The second kappa shape index (κ2) is 5.66. The van der Waals surface area contributed by atoms with Crippen molar-refractivity contribution >= 4 is 34.7 Å². The molecule has 0 bridgehead atoms. The maximum atomic E-state index is 13.8. The molecule has 20 heavy (non-hydrogen) atoms. The number of halogens is 2. The fourth-order valence-corrected chi connectivity index (χ4v) is 1.62. The first kappa shape index (κ1) is 13.9. The molecule has 0 fully saturated rings. The van der Waals surface area contributed by atoms with Gasteiger partial charge in [0, 0.05) is 7.05 Å². The molecule has 0 atom stereocenters. The van der Waals surface area contributed by atoms with Gasteiger partial charge in [-0.15, -0.1) is 0 Å². The average molecular weight is 298 g/mol. The van der Waals surface area contributed by atoms with Gasteiger partial charge in [-0.2, -0.15) is 4.98 Å². The van der Waals surface area contributed by atoms with Crippen LogP contribution in [0.15, 0.2) is 24.4 Å². The van der Waals surface area contributed by atoms with E-state index in [-0.39, 0.29) is 28.2 Å². The zero-order valence-corrected chi connectivity index (χ0v) is 11.0. The molecular formula is C11H9ClFN5O2. The van der Waals surface area contributed by atoms with Gasteiger partial charge in [0.25, 0.3) is 0 Å². The maximum absolute atomic E-state index is 13.8. The highest BCUT2D eigenvalue weighted by molar-refractivity contribution is 6.31. The Hall–Kier alpha value is -2.48. The number of nitro groups is 1. The molecule has 1 aromatic carbocycles. The molecule has 2 aromatic rings. The fraction of sp³-hybridized carbons (Fsp3) is 0.0909. The summed E-state index contributed by atoms with van der Waals surface area (Å²) >= 11 is 5.65. The quantitative estimate of drug-likeness (QED) is 0.665. The van der Waals surface area contributed by atoms with Crippen LogP contribution in [0.5, 0.6) is 0 Å². The average Bonchev–Trinajstić information content (AvgIpc) is 2.43. The number of benzene rings is 1. The summed E-state index contributed by atoms with van der Waals surface area (Å²) in [4.78, 5) is 17.9. The van der Waals surface area contributed by atoms with Crippen LogP contribution >= 0.6 is 11.6 Å². The third-order valence-corrected chi connectivity index (χ3v) is 2.69. The minimum atomic E-state index is -0.715. The summed E-state index contributed by atoms with van der Waals surface area (Å²) in [6.07, 6.45) is 1.03. The van der Waals surface area contributed by atoms with E-state index in [1.165, 1.54) is 18.2 Å². The van der Waals surface area contributed by atoms with Crippen molar-refractivity contribution in [2.75, 3.05) is 17.7 Å².